The van der Waals surface area contributed by atoms with Crippen LogP contribution in [0.25, 0.3) is 0 Å². The number of rotatable bonds is 65. The van der Waals surface area contributed by atoms with Gasteiger partial charge in [-0.1, -0.05) is 363 Å². The lowest BCUT2D eigenvalue weighted by Gasteiger charge is -2.18. The summed E-state index contributed by atoms with van der Waals surface area (Å²) < 4.78 is 16.9. The minimum atomic E-state index is -0.805. The van der Waals surface area contributed by atoms with Gasteiger partial charge in [0.15, 0.2) is 6.10 Å². The van der Waals surface area contributed by atoms with Crippen molar-refractivity contribution < 1.29 is 28.6 Å². The van der Waals surface area contributed by atoms with Gasteiger partial charge in [0.1, 0.15) is 13.2 Å². The molecule has 0 aliphatic carbocycles. The van der Waals surface area contributed by atoms with Crippen LogP contribution in [0.15, 0.2) is 72.9 Å². The Kier molecular flexibility index (Phi) is 66.6. The molecule has 0 amide bonds. The Balaban J connectivity index is 4.39. The first-order valence-corrected chi connectivity index (χ1v) is 35.4. The first-order valence-electron chi connectivity index (χ1n) is 35.4. The molecule has 0 bridgehead atoms. The SMILES string of the molecule is CC/C=C\C/C=C\C/C=C\C/C=C\C/C=C\C/C=C\CCC(=O)OCC(COC(=O)CCCCCCCCCCCCCCCCCCCCCCCCC)OC(=O)CCCCCCCCCCCCCCCCCCCCCCC. The molecule has 0 aliphatic rings. The van der Waals surface area contributed by atoms with Crippen molar-refractivity contribution >= 4 is 17.9 Å². The molecule has 6 heteroatoms. The Morgan fingerprint density at radius 2 is 0.481 bits per heavy atom. The van der Waals surface area contributed by atoms with E-state index in [1.165, 1.54) is 244 Å². The molecule has 81 heavy (non-hydrogen) atoms. The molecule has 470 valence electrons. The van der Waals surface area contributed by atoms with E-state index >= 15 is 0 Å². The van der Waals surface area contributed by atoms with Gasteiger partial charge in [-0.05, 0) is 57.8 Å². The van der Waals surface area contributed by atoms with Crippen molar-refractivity contribution in [2.45, 2.75) is 374 Å². The standard InChI is InChI=1S/C75H134O6/c1-4-7-10-13-16-19-22-25-28-31-34-36-37-39-41-44-47-50-53-56-59-62-65-68-74(77)80-71-72(70-79-73(76)67-64-61-58-55-52-49-46-43-40-33-30-27-24-21-18-15-12-9-6-3)81-75(78)69-66-63-60-57-54-51-48-45-42-38-35-32-29-26-23-20-17-14-11-8-5-2/h9,12,18,21,27,30,40,43,49,52,58,61,72H,4-8,10-11,13-17,19-20,22-26,28-29,31-39,41-42,44-48,50-51,53-57,59-60,62-71H2,1-3H3/b12-9-,21-18-,30-27-,43-40-,52-49-,61-58-. The quantitative estimate of drug-likeness (QED) is 0.0261. The summed E-state index contributed by atoms with van der Waals surface area (Å²) in [5.41, 5.74) is 0. The van der Waals surface area contributed by atoms with Crippen molar-refractivity contribution in [2.24, 2.45) is 0 Å². The van der Waals surface area contributed by atoms with Crippen LogP contribution in [0.1, 0.15) is 367 Å². The molecule has 1 atom stereocenters. The van der Waals surface area contributed by atoms with E-state index in [0.717, 1.165) is 77.0 Å². The Morgan fingerprint density at radius 1 is 0.259 bits per heavy atom. The number of allylic oxidation sites excluding steroid dienone is 12. The van der Waals surface area contributed by atoms with E-state index in [1.54, 1.807) is 0 Å². The Labute approximate surface area is 503 Å². The molecule has 0 aromatic rings. The third-order valence-corrected chi connectivity index (χ3v) is 15.7. The number of carbonyl (C=O) groups is 3. The van der Waals surface area contributed by atoms with Crippen LogP contribution in [-0.2, 0) is 28.6 Å². The van der Waals surface area contributed by atoms with Gasteiger partial charge in [0, 0.05) is 19.3 Å². The van der Waals surface area contributed by atoms with Crippen LogP contribution in [0.3, 0.4) is 0 Å². The largest absolute Gasteiger partial charge is 0.462 e. The highest BCUT2D eigenvalue weighted by atomic mass is 16.6. The van der Waals surface area contributed by atoms with Crippen LogP contribution in [0, 0.1) is 0 Å². The highest BCUT2D eigenvalue weighted by molar-refractivity contribution is 5.71. The summed E-state index contributed by atoms with van der Waals surface area (Å²) in [5.74, 6) is -0.957. The third-order valence-electron chi connectivity index (χ3n) is 15.7. The minimum absolute atomic E-state index is 0.0936. The molecule has 0 saturated heterocycles. The van der Waals surface area contributed by atoms with E-state index in [4.69, 9.17) is 14.2 Å². The topological polar surface area (TPSA) is 78.9 Å². The molecule has 0 aromatic heterocycles. The molecule has 0 N–H and O–H groups in total. The van der Waals surface area contributed by atoms with Gasteiger partial charge >= 0.3 is 17.9 Å². The van der Waals surface area contributed by atoms with Gasteiger partial charge < -0.3 is 14.2 Å². The van der Waals surface area contributed by atoms with Gasteiger partial charge in [0.05, 0.1) is 0 Å². The van der Waals surface area contributed by atoms with Crippen molar-refractivity contribution in [3.63, 3.8) is 0 Å². The fourth-order valence-corrected chi connectivity index (χ4v) is 10.5. The van der Waals surface area contributed by atoms with Crippen LogP contribution in [0.5, 0.6) is 0 Å². The second-order valence-electron chi connectivity index (χ2n) is 23.8. The second-order valence-corrected chi connectivity index (χ2v) is 23.8. The average Bonchev–Trinajstić information content (AvgIpc) is 3.47. The predicted octanol–water partition coefficient (Wildman–Crippen LogP) is 24.4. The lowest BCUT2D eigenvalue weighted by Crippen LogP contribution is -2.30. The summed E-state index contributed by atoms with van der Waals surface area (Å²) >= 11 is 0. The van der Waals surface area contributed by atoms with Crippen molar-refractivity contribution in [1.29, 1.82) is 0 Å². The van der Waals surface area contributed by atoms with Crippen LogP contribution in [0.2, 0.25) is 0 Å². The maximum absolute atomic E-state index is 13.0. The number of unbranched alkanes of at least 4 members (excludes halogenated alkanes) is 42. The van der Waals surface area contributed by atoms with Crippen molar-refractivity contribution in [2.75, 3.05) is 13.2 Å². The van der Waals surface area contributed by atoms with E-state index < -0.39 is 6.10 Å². The zero-order valence-electron chi connectivity index (χ0n) is 54.1. The van der Waals surface area contributed by atoms with E-state index in [1.807, 2.05) is 6.08 Å². The molecule has 0 saturated carbocycles. The normalized spacial score (nSPS) is 12.5. The number of esters is 3. The first-order chi connectivity index (χ1) is 40.0. The zero-order valence-corrected chi connectivity index (χ0v) is 54.1. The van der Waals surface area contributed by atoms with Crippen molar-refractivity contribution in [3.8, 4) is 0 Å². The Hall–Kier alpha value is -3.15. The highest BCUT2D eigenvalue weighted by Gasteiger charge is 2.19. The van der Waals surface area contributed by atoms with Crippen LogP contribution < -0.4 is 0 Å². The molecule has 1 unspecified atom stereocenters. The summed E-state index contributed by atoms with van der Waals surface area (Å²) in [6.07, 6.45) is 90.9. The molecule has 0 spiro atoms. The van der Waals surface area contributed by atoms with Gasteiger partial charge in [-0.25, -0.2) is 0 Å². The number of carbonyl (C=O) groups excluding carboxylic acids is 3. The monoisotopic (exact) mass is 1130 g/mol. The van der Waals surface area contributed by atoms with Gasteiger partial charge in [-0.2, -0.15) is 0 Å². The van der Waals surface area contributed by atoms with Crippen LogP contribution in [-0.4, -0.2) is 37.2 Å². The molecule has 0 fully saturated rings. The van der Waals surface area contributed by atoms with E-state index in [0.29, 0.717) is 19.3 Å². The highest BCUT2D eigenvalue weighted by Crippen LogP contribution is 2.18. The van der Waals surface area contributed by atoms with E-state index in [-0.39, 0.29) is 37.5 Å². The maximum Gasteiger partial charge on any atom is 0.306 e. The Bertz CT molecular complexity index is 1490. The molecule has 0 aromatic carbocycles. The van der Waals surface area contributed by atoms with Crippen LogP contribution in [0.4, 0.5) is 0 Å². The summed E-state index contributed by atoms with van der Waals surface area (Å²) in [6.45, 7) is 6.53. The smallest absolute Gasteiger partial charge is 0.306 e. The van der Waals surface area contributed by atoms with Crippen LogP contribution >= 0.6 is 0 Å². The lowest BCUT2D eigenvalue weighted by molar-refractivity contribution is -0.166. The minimum Gasteiger partial charge on any atom is -0.462 e. The zero-order chi connectivity index (χ0) is 58.5. The molecule has 0 heterocycles. The summed E-state index contributed by atoms with van der Waals surface area (Å²) in [6, 6.07) is 0. The van der Waals surface area contributed by atoms with Gasteiger partial charge in [0.25, 0.3) is 0 Å². The fourth-order valence-electron chi connectivity index (χ4n) is 10.5. The molecule has 6 nitrogen and oxygen atoms in total. The average molecular weight is 1130 g/mol. The molecule has 0 aliphatic heterocycles. The van der Waals surface area contributed by atoms with E-state index in [9.17, 15) is 14.4 Å². The predicted molar refractivity (Wildman–Crippen MR) is 353 cm³/mol. The van der Waals surface area contributed by atoms with Crippen molar-refractivity contribution in [3.05, 3.63) is 72.9 Å². The number of ether oxygens (including phenoxy) is 3. The fraction of sp³-hybridized carbons (Fsp3) is 0.800. The molecular weight excluding hydrogens is 997 g/mol. The summed E-state index contributed by atoms with van der Waals surface area (Å²) in [5, 5.41) is 0. The van der Waals surface area contributed by atoms with E-state index in [2.05, 4.69) is 87.6 Å². The van der Waals surface area contributed by atoms with Crippen molar-refractivity contribution in [1.82, 2.24) is 0 Å². The number of hydrogen-bond donors (Lipinski definition) is 0. The summed E-state index contributed by atoms with van der Waals surface area (Å²) in [7, 11) is 0. The lowest BCUT2D eigenvalue weighted by atomic mass is 10.0. The molecular formula is C75H134O6. The summed E-state index contributed by atoms with van der Waals surface area (Å²) in [4.78, 5) is 38.4. The van der Waals surface area contributed by atoms with Gasteiger partial charge in [0.2, 0.25) is 0 Å². The number of hydrogen-bond acceptors (Lipinski definition) is 6. The second kappa shape index (κ2) is 69.3. The van der Waals surface area contributed by atoms with Gasteiger partial charge in [-0.3, -0.25) is 14.4 Å². The molecule has 0 rings (SSSR count). The maximum atomic E-state index is 13.0. The van der Waals surface area contributed by atoms with Gasteiger partial charge in [-0.15, -0.1) is 0 Å². The Morgan fingerprint density at radius 3 is 0.753 bits per heavy atom. The molecule has 0 radical (unpaired) electrons. The first kappa shape index (κ1) is 77.9. The third kappa shape index (κ3) is 67.5.